The molecule has 0 radical (unpaired) electrons. The lowest BCUT2D eigenvalue weighted by atomic mass is 9.87. The Labute approximate surface area is 147 Å². The highest BCUT2D eigenvalue weighted by Gasteiger charge is 2.36. The number of hydrogen-bond acceptors (Lipinski definition) is 7. The van der Waals surface area contributed by atoms with Crippen LogP contribution in [0, 0.1) is 5.92 Å². The van der Waals surface area contributed by atoms with Crippen molar-refractivity contribution in [3.8, 4) is 0 Å². The van der Waals surface area contributed by atoms with Crippen LogP contribution in [-0.4, -0.2) is 35.5 Å². The van der Waals surface area contributed by atoms with Crippen molar-refractivity contribution < 1.29 is 30.6 Å². The van der Waals surface area contributed by atoms with Gasteiger partial charge < -0.3 is 4.74 Å². The van der Waals surface area contributed by atoms with Crippen molar-refractivity contribution in [1.29, 1.82) is 0 Å². The molecule has 0 unspecified atom stereocenters. The van der Waals surface area contributed by atoms with E-state index in [0.717, 1.165) is 0 Å². The van der Waals surface area contributed by atoms with Crippen LogP contribution in [0.4, 0.5) is 0 Å². The molecule has 9 heteroatoms. The van der Waals surface area contributed by atoms with Crippen molar-refractivity contribution in [3.05, 3.63) is 35.9 Å². The van der Waals surface area contributed by atoms with E-state index in [2.05, 4.69) is 0 Å². The van der Waals surface area contributed by atoms with Crippen LogP contribution >= 0.6 is 0 Å². The predicted octanol–water partition coefficient (Wildman–Crippen LogP) is 1.98. The molecule has 25 heavy (non-hydrogen) atoms. The Kier molecular flexibility index (Phi) is 6.59. The molecule has 0 N–H and O–H groups in total. The third kappa shape index (κ3) is 5.26. The van der Waals surface area contributed by atoms with E-state index in [1.165, 1.54) is 12.1 Å². The zero-order valence-corrected chi connectivity index (χ0v) is 15.6. The van der Waals surface area contributed by atoms with Crippen LogP contribution < -0.4 is 0 Å². The highest BCUT2D eigenvalue weighted by atomic mass is 33.2. The van der Waals surface area contributed by atoms with E-state index in [0.29, 0.717) is 37.9 Å². The number of rotatable bonds is 7. The highest BCUT2D eigenvalue weighted by molar-refractivity contribution is 8.65. The van der Waals surface area contributed by atoms with Crippen LogP contribution in [0.1, 0.15) is 38.2 Å². The fourth-order valence-electron chi connectivity index (χ4n) is 2.73. The second-order valence-corrected chi connectivity index (χ2v) is 11.1. The first kappa shape index (κ1) is 19.9. The summed E-state index contributed by atoms with van der Waals surface area (Å²) in [5.41, 5.74) is 0.376. The summed E-state index contributed by atoms with van der Waals surface area (Å²) in [7, 11) is -9.24. The van der Waals surface area contributed by atoms with Crippen molar-refractivity contribution in [2.75, 3.05) is 6.61 Å². The third-order valence-electron chi connectivity index (χ3n) is 4.05. The van der Waals surface area contributed by atoms with Crippen molar-refractivity contribution in [1.82, 2.24) is 0 Å². The molecule has 0 heterocycles. The molecule has 0 aromatic heterocycles. The molecule has 140 valence electrons. The van der Waals surface area contributed by atoms with Crippen molar-refractivity contribution in [2.45, 2.75) is 44.5 Å². The molecule has 1 aromatic carbocycles. The maximum atomic E-state index is 12.2. The SMILES string of the molecule is CCOC(=O)C1CCC(OS(=O)(=O)S(=O)(=O)Cc2ccccc2)CC1. The van der Waals surface area contributed by atoms with Gasteiger partial charge in [-0.15, -0.1) is 0 Å². The van der Waals surface area contributed by atoms with Gasteiger partial charge in [0.1, 0.15) is 0 Å². The quantitative estimate of drug-likeness (QED) is 0.518. The lowest BCUT2D eigenvalue weighted by Crippen LogP contribution is -2.31. The monoisotopic (exact) mass is 390 g/mol. The number of carbonyl (C=O) groups is 1. The second-order valence-electron chi connectivity index (χ2n) is 5.92. The second kappa shape index (κ2) is 8.29. The van der Waals surface area contributed by atoms with E-state index >= 15 is 0 Å². The van der Waals surface area contributed by atoms with Crippen LogP contribution in [0.15, 0.2) is 30.3 Å². The Morgan fingerprint density at radius 1 is 1.04 bits per heavy atom. The van der Waals surface area contributed by atoms with Gasteiger partial charge in [-0.2, -0.15) is 8.42 Å². The standard InChI is InChI=1S/C16H22O7S2/c1-2-22-16(17)14-8-10-15(11-9-14)23-25(20,21)24(18,19)12-13-6-4-3-5-7-13/h3-7,14-15H,2,8-12H2,1H3. The van der Waals surface area contributed by atoms with Gasteiger partial charge in [-0.3, -0.25) is 8.98 Å². The summed E-state index contributed by atoms with van der Waals surface area (Å²) in [4.78, 5) is 11.7. The van der Waals surface area contributed by atoms with Gasteiger partial charge in [0.15, 0.2) is 0 Å². The van der Waals surface area contributed by atoms with Crippen molar-refractivity contribution in [3.63, 3.8) is 0 Å². The van der Waals surface area contributed by atoms with E-state index in [-0.39, 0.29) is 11.9 Å². The lowest BCUT2D eigenvalue weighted by Gasteiger charge is -2.26. The first-order chi connectivity index (χ1) is 11.7. The van der Waals surface area contributed by atoms with E-state index in [9.17, 15) is 21.6 Å². The number of benzene rings is 1. The molecular formula is C16H22O7S2. The molecular weight excluding hydrogens is 368 g/mol. The van der Waals surface area contributed by atoms with Crippen LogP contribution in [0.2, 0.25) is 0 Å². The molecule has 1 fully saturated rings. The van der Waals surface area contributed by atoms with Crippen molar-refractivity contribution in [2.24, 2.45) is 5.92 Å². The summed E-state index contributed by atoms with van der Waals surface area (Å²) < 4.78 is 58.5. The number of ether oxygens (including phenoxy) is 1. The minimum Gasteiger partial charge on any atom is -0.466 e. The van der Waals surface area contributed by atoms with Gasteiger partial charge in [-0.1, -0.05) is 30.3 Å². The Balaban J connectivity index is 1.96. The molecule has 0 spiro atoms. The zero-order valence-electron chi connectivity index (χ0n) is 14.0. The molecule has 0 amide bonds. The number of esters is 1. The Morgan fingerprint density at radius 2 is 1.64 bits per heavy atom. The van der Waals surface area contributed by atoms with Gasteiger partial charge in [0, 0.05) is 0 Å². The zero-order chi connectivity index (χ0) is 18.5. The van der Waals surface area contributed by atoms with Crippen LogP contribution in [0.3, 0.4) is 0 Å². The summed E-state index contributed by atoms with van der Waals surface area (Å²) in [6, 6.07) is 8.06. The topological polar surface area (TPSA) is 104 Å². The van der Waals surface area contributed by atoms with Crippen LogP contribution in [-0.2, 0) is 37.5 Å². The Bertz CT molecular complexity index is 777. The summed E-state index contributed by atoms with van der Waals surface area (Å²) in [5.74, 6) is -1.22. The van der Waals surface area contributed by atoms with E-state index < -0.39 is 29.9 Å². The maximum absolute atomic E-state index is 12.2. The van der Waals surface area contributed by atoms with E-state index in [1.54, 1.807) is 25.1 Å². The van der Waals surface area contributed by atoms with Gasteiger partial charge >= 0.3 is 15.1 Å². The molecule has 0 atom stereocenters. The fraction of sp³-hybridized carbons (Fsp3) is 0.562. The normalized spacial score (nSPS) is 21.6. The maximum Gasteiger partial charge on any atom is 0.375 e. The van der Waals surface area contributed by atoms with Gasteiger partial charge in [0.25, 0.3) is 8.87 Å². The van der Waals surface area contributed by atoms with Gasteiger partial charge in [-0.25, -0.2) is 8.42 Å². The largest absolute Gasteiger partial charge is 0.466 e. The van der Waals surface area contributed by atoms with Gasteiger partial charge in [0.05, 0.1) is 24.4 Å². The number of carbonyl (C=O) groups excluding carboxylic acids is 1. The van der Waals surface area contributed by atoms with Crippen LogP contribution in [0.25, 0.3) is 0 Å². The fourth-order valence-corrected chi connectivity index (χ4v) is 5.66. The molecule has 2 rings (SSSR count). The van der Waals surface area contributed by atoms with Crippen LogP contribution in [0.5, 0.6) is 0 Å². The molecule has 0 saturated heterocycles. The lowest BCUT2D eigenvalue weighted by molar-refractivity contribution is -0.149. The first-order valence-corrected chi connectivity index (χ1v) is 11.7. The molecule has 1 aromatic rings. The Morgan fingerprint density at radius 3 is 2.20 bits per heavy atom. The predicted molar refractivity (Wildman–Crippen MR) is 91.4 cm³/mol. The van der Waals surface area contributed by atoms with E-state index in [1.807, 2.05) is 0 Å². The average Bonchev–Trinajstić information content (AvgIpc) is 2.55. The molecule has 1 saturated carbocycles. The summed E-state index contributed by atoms with van der Waals surface area (Å²) in [6.07, 6.45) is 0.684. The average molecular weight is 390 g/mol. The minimum absolute atomic E-state index is 0.288. The summed E-state index contributed by atoms with van der Waals surface area (Å²) in [5, 5.41) is 0. The smallest absolute Gasteiger partial charge is 0.375 e. The molecule has 1 aliphatic carbocycles. The third-order valence-corrected chi connectivity index (χ3v) is 8.32. The first-order valence-electron chi connectivity index (χ1n) is 8.11. The Hall–Kier alpha value is -1.45. The minimum atomic E-state index is -4.75. The van der Waals surface area contributed by atoms with Crippen molar-refractivity contribution >= 4 is 24.0 Å². The number of hydrogen-bond donors (Lipinski definition) is 0. The van der Waals surface area contributed by atoms with Gasteiger partial charge in [0.2, 0.25) is 0 Å². The molecule has 1 aliphatic rings. The molecule has 7 nitrogen and oxygen atoms in total. The van der Waals surface area contributed by atoms with Gasteiger partial charge in [-0.05, 0) is 38.2 Å². The molecule has 0 bridgehead atoms. The molecule has 0 aliphatic heterocycles. The van der Waals surface area contributed by atoms with E-state index in [4.69, 9.17) is 8.92 Å². The highest BCUT2D eigenvalue weighted by Crippen LogP contribution is 2.29. The summed E-state index contributed by atoms with van der Waals surface area (Å²) in [6.45, 7) is 2.01. The summed E-state index contributed by atoms with van der Waals surface area (Å²) >= 11 is 0.